The summed E-state index contributed by atoms with van der Waals surface area (Å²) in [5.41, 5.74) is 3.75. The first-order valence-corrected chi connectivity index (χ1v) is 6.75. The predicted molar refractivity (Wildman–Crippen MR) is 79.4 cm³/mol. The number of allylic oxidation sites excluding steroid dienone is 2. The van der Waals surface area contributed by atoms with Gasteiger partial charge in [0.25, 0.3) is 5.56 Å². The Morgan fingerprint density at radius 3 is 2.84 bits per heavy atom. The highest BCUT2D eigenvalue weighted by molar-refractivity contribution is 5.74. The highest BCUT2D eigenvalue weighted by Gasteiger charge is 2.06. The molecule has 0 saturated carbocycles. The van der Waals surface area contributed by atoms with E-state index in [0.29, 0.717) is 12.2 Å². The number of fused-ring (bicyclic) bond motifs is 1. The van der Waals surface area contributed by atoms with Crippen LogP contribution in [0, 0.1) is 6.92 Å². The summed E-state index contributed by atoms with van der Waals surface area (Å²) in [6.07, 6.45) is 4.15. The smallest absolute Gasteiger partial charge is 0.272 e. The van der Waals surface area contributed by atoms with Crippen molar-refractivity contribution in [2.75, 3.05) is 0 Å². The zero-order valence-electron chi connectivity index (χ0n) is 11.8. The van der Waals surface area contributed by atoms with Crippen LogP contribution < -0.4 is 5.56 Å². The largest absolute Gasteiger partial charge is 0.305 e. The van der Waals surface area contributed by atoms with Gasteiger partial charge in [-0.15, -0.1) is 0 Å². The van der Waals surface area contributed by atoms with Crippen LogP contribution in [0.2, 0.25) is 0 Å². The van der Waals surface area contributed by atoms with Crippen molar-refractivity contribution >= 4 is 11.0 Å². The summed E-state index contributed by atoms with van der Waals surface area (Å²) in [6.45, 7) is 6.75. The summed E-state index contributed by atoms with van der Waals surface area (Å²) in [5.74, 6) is 0. The van der Waals surface area contributed by atoms with Gasteiger partial charge in [0.2, 0.25) is 0 Å². The molecule has 0 radical (unpaired) electrons. The fourth-order valence-electron chi connectivity index (χ4n) is 2.13. The fourth-order valence-corrected chi connectivity index (χ4v) is 2.13. The third-order valence-corrected chi connectivity index (χ3v) is 3.42. The quantitative estimate of drug-likeness (QED) is 0.785. The maximum atomic E-state index is 12.2. The molecule has 0 amide bonds. The van der Waals surface area contributed by atoms with Crippen molar-refractivity contribution in [2.45, 2.75) is 40.2 Å². The van der Waals surface area contributed by atoms with Gasteiger partial charge in [0, 0.05) is 6.54 Å². The number of para-hydroxylation sites is 2. The number of nitrogens with zero attached hydrogens (tertiary/aromatic N) is 2. The second-order valence-electron chi connectivity index (χ2n) is 4.84. The first-order valence-electron chi connectivity index (χ1n) is 6.75. The lowest BCUT2D eigenvalue weighted by Gasteiger charge is -2.10. The topological polar surface area (TPSA) is 34.9 Å². The van der Waals surface area contributed by atoms with E-state index in [9.17, 15) is 4.79 Å². The number of aryl methyl sites for hydroxylation is 2. The van der Waals surface area contributed by atoms with E-state index in [2.05, 4.69) is 24.9 Å². The van der Waals surface area contributed by atoms with Crippen molar-refractivity contribution in [1.82, 2.24) is 9.55 Å². The lowest BCUT2D eigenvalue weighted by Crippen LogP contribution is -2.24. The van der Waals surface area contributed by atoms with Crippen LogP contribution in [0.15, 0.2) is 40.7 Å². The van der Waals surface area contributed by atoms with E-state index in [0.717, 1.165) is 23.9 Å². The summed E-state index contributed by atoms with van der Waals surface area (Å²) in [4.78, 5) is 16.6. The maximum absolute atomic E-state index is 12.2. The van der Waals surface area contributed by atoms with Crippen molar-refractivity contribution < 1.29 is 0 Å². The Kier molecular flexibility index (Phi) is 4.15. The summed E-state index contributed by atoms with van der Waals surface area (Å²) < 4.78 is 1.83. The molecule has 0 aliphatic heterocycles. The lowest BCUT2D eigenvalue weighted by atomic mass is 10.2. The highest BCUT2D eigenvalue weighted by atomic mass is 16.1. The second-order valence-corrected chi connectivity index (χ2v) is 4.84. The molecule has 0 bridgehead atoms. The minimum Gasteiger partial charge on any atom is -0.305 e. The molecule has 2 aromatic rings. The van der Waals surface area contributed by atoms with Crippen LogP contribution in [-0.4, -0.2) is 9.55 Å². The Bertz CT molecular complexity index is 668. The van der Waals surface area contributed by atoms with Crippen molar-refractivity contribution in [3.63, 3.8) is 0 Å². The molecule has 0 atom stereocenters. The summed E-state index contributed by atoms with van der Waals surface area (Å²) in [6, 6.07) is 7.80. The zero-order valence-corrected chi connectivity index (χ0v) is 11.8. The SMILES string of the molecule is CC/C(C)=C/CCn1c(=O)c(C)nc2ccccc21. The molecule has 0 aliphatic rings. The number of benzene rings is 1. The van der Waals surface area contributed by atoms with E-state index in [4.69, 9.17) is 0 Å². The molecule has 19 heavy (non-hydrogen) atoms. The van der Waals surface area contributed by atoms with E-state index in [1.807, 2.05) is 28.8 Å². The van der Waals surface area contributed by atoms with Gasteiger partial charge in [-0.1, -0.05) is 30.7 Å². The third-order valence-electron chi connectivity index (χ3n) is 3.42. The molecule has 3 heteroatoms. The molecular formula is C16H20N2O. The van der Waals surface area contributed by atoms with E-state index in [-0.39, 0.29) is 5.56 Å². The van der Waals surface area contributed by atoms with Gasteiger partial charge < -0.3 is 4.57 Å². The first-order chi connectivity index (χ1) is 9.13. The standard InChI is InChI=1S/C16H20N2O/c1-4-12(2)8-7-11-18-15-10-6-5-9-14(15)17-13(3)16(18)19/h5-6,8-10H,4,7,11H2,1-3H3/b12-8+. The first kappa shape index (κ1) is 13.5. The fraction of sp³-hybridized carbons (Fsp3) is 0.375. The number of aromatic nitrogens is 2. The zero-order chi connectivity index (χ0) is 13.8. The maximum Gasteiger partial charge on any atom is 0.272 e. The van der Waals surface area contributed by atoms with Crippen LogP contribution in [0.25, 0.3) is 11.0 Å². The molecule has 0 spiro atoms. The van der Waals surface area contributed by atoms with Crippen molar-refractivity contribution in [1.29, 1.82) is 0 Å². The number of hydrogen-bond donors (Lipinski definition) is 0. The highest BCUT2D eigenvalue weighted by Crippen LogP contribution is 2.11. The van der Waals surface area contributed by atoms with Gasteiger partial charge in [0.15, 0.2) is 0 Å². The van der Waals surface area contributed by atoms with E-state index < -0.39 is 0 Å². The summed E-state index contributed by atoms with van der Waals surface area (Å²) >= 11 is 0. The molecule has 0 aliphatic carbocycles. The normalized spacial score (nSPS) is 12.1. The van der Waals surface area contributed by atoms with Gasteiger partial charge in [0.1, 0.15) is 5.69 Å². The molecule has 1 aromatic carbocycles. The Labute approximate surface area is 113 Å². The number of rotatable bonds is 4. The molecule has 1 aromatic heterocycles. The minimum absolute atomic E-state index is 0.0150. The monoisotopic (exact) mass is 256 g/mol. The second kappa shape index (κ2) is 5.83. The van der Waals surface area contributed by atoms with Crippen LogP contribution in [-0.2, 0) is 6.54 Å². The van der Waals surface area contributed by atoms with Crippen LogP contribution in [0.3, 0.4) is 0 Å². The molecule has 1 heterocycles. The molecule has 0 unspecified atom stereocenters. The van der Waals surface area contributed by atoms with Gasteiger partial charge in [-0.2, -0.15) is 0 Å². The third kappa shape index (κ3) is 2.92. The van der Waals surface area contributed by atoms with Crippen LogP contribution in [0.1, 0.15) is 32.4 Å². The molecule has 0 N–H and O–H groups in total. The van der Waals surface area contributed by atoms with Gasteiger partial charge >= 0.3 is 0 Å². The van der Waals surface area contributed by atoms with Crippen molar-refractivity contribution in [2.24, 2.45) is 0 Å². The Balaban J connectivity index is 2.41. The average molecular weight is 256 g/mol. The Morgan fingerprint density at radius 1 is 1.37 bits per heavy atom. The van der Waals surface area contributed by atoms with E-state index in [1.54, 1.807) is 6.92 Å². The summed E-state index contributed by atoms with van der Waals surface area (Å²) in [7, 11) is 0. The number of hydrogen-bond acceptors (Lipinski definition) is 2. The molecular weight excluding hydrogens is 236 g/mol. The molecule has 0 fully saturated rings. The van der Waals surface area contributed by atoms with Crippen molar-refractivity contribution in [3.8, 4) is 0 Å². The van der Waals surface area contributed by atoms with E-state index >= 15 is 0 Å². The van der Waals surface area contributed by atoms with E-state index in [1.165, 1.54) is 5.57 Å². The summed E-state index contributed by atoms with van der Waals surface area (Å²) in [5, 5.41) is 0. The van der Waals surface area contributed by atoms with Gasteiger partial charge in [-0.3, -0.25) is 4.79 Å². The van der Waals surface area contributed by atoms with Crippen molar-refractivity contribution in [3.05, 3.63) is 52.0 Å². The molecule has 100 valence electrons. The molecule has 2 rings (SSSR count). The lowest BCUT2D eigenvalue weighted by molar-refractivity contribution is 0.694. The molecule has 3 nitrogen and oxygen atoms in total. The molecule has 0 saturated heterocycles. The average Bonchev–Trinajstić information content (AvgIpc) is 2.42. The van der Waals surface area contributed by atoms with Crippen LogP contribution in [0.5, 0.6) is 0 Å². The van der Waals surface area contributed by atoms with Gasteiger partial charge in [-0.05, 0) is 38.8 Å². The van der Waals surface area contributed by atoms with Gasteiger partial charge in [0.05, 0.1) is 11.0 Å². The minimum atomic E-state index is 0.0150. The van der Waals surface area contributed by atoms with Gasteiger partial charge in [-0.25, -0.2) is 4.98 Å². The Hall–Kier alpha value is -1.90. The van der Waals surface area contributed by atoms with Crippen LogP contribution >= 0.6 is 0 Å². The van der Waals surface area contributed by atoms with Crippen LogP contribution in [0.4, 0.5) is 0 Å². The Morgan fingerprint density at radius 2 is 2.11 bits per heavy atom. The predicted octanol–water partition coefficient (Wildman–Crippen LogP) is 3.45.